The highest BCUT2D eigenvalue weighted by atomic mass is 32.2. The van der Waals surface area contributed by atoms with Crippen molar-refractivity contribution in [3.8, 4) is 0 Å². The van der Waals surface area contributed by atoms with E-state index in [1.807, 2.05) is 31.2 Å². The van der Waals surface area contributed by atoms with Gasteiger partial charge in [0.15, 0.2) is 0 Å². The first kappa shape index (κ1) is 9.55. The molecule has 14 heavy (non-hydrogen) atoms. The molecule has 1 aliphatic rings. The Balaban J connectivity index is 2.28. The lowest BCUT2D eigenvalue weighted by Gasteiger charge is -2.16. The van der Waals surface area contributed by atoms with Crippen molar-refractivity contribution in [2.24, 2.45) is 5.16 Å². The molecule has 0 radical (unpaired) electrons. The monoisotopic (exact) mass is 209 g/mol. The number of aliphatic hydroxyl groups is 1. The molecule has 1 N–H and O–H groups in total. The summed E-state index contributed by atoms with van der Waals surface area (Å²) in [6.45, 7) is 2.03. The summed E-state index contributed by atoms with van der Waals surface area (Å²) in [6, 6.07) is 7.99. The van der Waals surface area contributed by atoms with Gasteiger partial charge in [-0.1, -0.05) is 41.2 Å². The van der Waals surface area contributed by atoms with Gasteiger partial charge < -0.3 is 9.94 Å². The standard InChI is InChI=1S/C10H11NO2S/c1-7-4-2-3-5-8(7)10-11-13-9(12)6-14-10/h2-5,9,12H,6H2,1H3. The zero-order valence-corrected chi connectivity index (χ0v) is 8.62. The van der Waals surface area contributed by atoms with Crippen molar-refractivity contribution in [2.45, 2.75) is 13.2 Å². The van der Waals surface area contributed by atoms with Crippen LogP contribution in [0.5, 0.6) is 0 Å². The van der Waals surface area contributed by atoms with E-state index in [0.717, 1.165) is 10.6 Å². The Morgan fingerprint density at radius 1 is 1.50 bits per heavy atom. The van der Waals surface area contributed by atoms with Gasteiger partial charge in [-0.15, -0.1) is 0 Å². The number of rotatable bonds is 1. The van der Waals surface area contributed by atoms with Crippen LogP contribution in [0.2, 0.25) is 0 Å². The van der Waals surface area contributed by atoms with Crippen LogP contribution in [-0.4, -0.2) is 22.2 Å². The zero-order valence-electron chi connectivity index (χ0n) is 7.80. The minimum Gasteiger partial charge on any atom is -0.362 e. The van der Waals surface area contributed by atoms with Crippen LogP contribution in [0.3, 0.4) is 0 Å². The van der Waals surface area contributed by atoms with Crippen LogP contribution < -0.4 is 0 Å². The predicted molar refractivity (Wildman–Crippen MR) is 57.3 cm³/mol. The molecule has 0 saturated heterocycles. The van der Waals surface area contributed by atoms with Crippen LogP contribution in [-0.2, 0) is 4.84 Å². The SMILES string of the molecule is Cc1ccccc1C1=NOC(O)CS1. The summed E-state index contributed by atoms with van der Waals surface area (Å²) >= 11 is 1.51. The number of hydrogen-bond acceptors (Lipinski definition) is 4. The molecule has 1 aromatic rings. The lowest BCUT2D eigenvalue weighted by Crippen LogP contribution is -2.19. The minimum absolute atomic E-state index is 0.535. The first-order chi connectivity index (χ1) is 6.77. The highest BCUT2D eigenvalue weighted by Crippen LogP contribution is 2.22. The maximum atomic E-state index is 9.09. The third-order valence-electron chi connectivity index (χ3n) is 2.00. The number of aliphatic hydroxyl groups excluding tert-OH is 1. The molecular weight excluding hydrogens is 198 g/mol. The summed E-state index contributed by atoms with van der Waals surface area (Å²) in [5.41, 5.74) is 2.24. The lowest BCUT2D eigenvalue weighted by atomic mass is 10.1. The van der Waals surface area contributed by atoms with Crippen LogP contribution in [0, 0.1) is 6.92 Å². The average Bonchev–Trinajstić information content (AvgIpc) is 2.20. The predicted octanol–water partition coefficient (Wildman–Crippen LogP) is 1.74. The van der Waals surface area contributed by atoms with Crippen LogP contribution in [0.4, 0.5) is 0 Å². The third kappa shape index (κ3) is 1.91. The Morgan fingerprint density at radius 2 is 2.29 bits per heavy atom. The van der Waals surface area contributed by atoms with Crippen molar-refractivity contribution >= 4 is 16.8 Å². The summed E-state index contributed by atoms with van der Waals surface area (Å²) in [6.07, 6.45) is -0.771. The Labute approximate surface area is 86.8 Å². The van der Waals surface area contributed by atoms with Gasteiger partial charge in [-0.3, -0.25) is 0 Å². The van der Waals surface area contributed by atoms with Crippen LogP contribution >= 0.6 is 11.8 Å². The largest absolute Gasteiger partial charge is 0.362 e. The zero-order chi connectivity index (χ0) is 9.97. The Hall–Kier alpha value is -1.00. The molecular formula is C10H11NO2S. The topological polar surface area (TPSA) is 41.8 Å². The Kier molecular flexibility index (Phi) is 2.74. The van der Waals surface area contributed by atoms with Gasteiger partial charge in [0.1, 0.15) is 5.04 Å². The van der Waals surface area contributed by atoms with Crippen molar-refractivity contribution in [1.29, 1.82) is 0 Å². The molecule has 2 rings (SSSR count). The maximum absolute atomic E-state index is 9.09. The summed E-state index contributed by atoms with van der Waals surface area (Å²) in [4.78, 5) is 4.82. The van der Waals surface area contributed by atoms with Gasteiger partial charge in [0.25, 0.3) is 0 Å². The molecule has 1 aliphatic heterocycles. The fourth-order valence-corrected chi connectivity index (χ4v) is 2.10. The number of benzene rings is 1. The van der Waals surface area contributed by atoms with Crippen molar-refractivity contribution in [3.05, 3.63) is 35.4 Å². The summed E-state index contributed by atoms with van der Waals surface area (Å²) in [5.74, 6) is 0.535. The molecule has 74 valence electrons. The fraction of sp³-hybridized carbons (Fsp3) is 0.300. The second-order valence-corrected chi connectivity index (χ2v) is 4.09. The van der Waals surface area contributed by atoms with Gasteiger partial charge in [0.05, 0.1) is 5.75 Å². The van der Waals surface area contributed by atoms with E-state index >= 15 is 0 Å². The van der Waals surface area contributed by atoms with Crippen molar-refractivity contribution in [3.63, 3.8) is 0 Å². The van der Waals surface area contributed by atoms with E-state index in [2.05, 4.69) is 5.16 Å². The molecule has 1 heterocycles. The van der Waals surface area contributed by atoms with Crippen molar-refractivity contribution < 1.29 is 9.94 Å². The van der Waals surface area contributed by atoms with Crippen LogP contribution in [0.25, 0.3) is 0 Å². The number of thioether (sulfide) groups is 1. The Morgan fingerprint density at radius 3 is 2.93 bits per heavy atom. The van der Waals surface area contributed by atoms with E-state index in [0.29, 0.717) is 5.75 Å². The van der Waals surface area contributed by atoms with Gasteiger partial charge in [-0.05, 0) is 12.5 Å². The number of hydrogen-bond donors (Lipinski definition) is 1. The summed E-state index contributed by atoms with van der Waals surface area (Å²) < 4.78 is 0. The van der Waals surface area contributed by atoms with E-state index in [-0.39, 0.29) is 0 Å². The molecule has 0 fully saturated rings. The highest BCUT2D eigenvalue weighted by Gasteiger charge is 2.17. The molecule has 1 atom stereocenters. The van der Waals surface area contributed by atoms with Crippen molar-refractivity contribution in [2.75, 3.05) is 5.75 Å². The number of aryl methyl sites for hydroxylation is 1. The molecule has 1 unspecified atom stereocenters. The lowest BCUT2D eigenvalue weighted by molar-refractivity contribution is -0.0813. The number of oxime groups is 1. The van der Waals surface area contributed by atoms with E-state index in [9.17, 15) is 0 Å². The van der Waals surface area contributed by atoms with Gasteiger partial charge in [0, 0.05) is 5.56 Å². The molecule has 4 heteroatoms. The second-order valence-electron chi connectivity index (χ2n) is 3.08. The van der Waals surface area contributed by atoms with Gasteiger partial charge in [0.2, 0.25) is 6.29 Å². The molecule has 3 nitrogen and oxygen atoms in total. The quantitative estimate of drug-likeness (QED) is 0.766. The average molecular weight is 209 g/mol. The molecule has 0 amide bonds. The first-order valence-electron chi connectivity index (χ1n) is 4.38. The summed E-state index contributed by atoms with van der Waals surface area (Å²) in [5, 5.41) is 13.8. The normalized spacial score (nSPS) is 21.3. The molecule has 0 aliphatic carbocycles. The molecule has 0 bridgehead atoms. The molecule has 1 aromatic carbocycles. The van der Waals surface area contributed by atoms with E-state index < -0.39 is 6.29 Å². The van der Waals surface area contributed by atoms with Crippen LogP contribution in [0.15, 0.2) is 29.4 Å². The minimum atomic E-state index is -0.771. The molecule has 0 aromatic heterocycles. The van der Waals surface area contributed by atoms with Gasteiger partial charge in [-0.2, -0.15) is 0 Å². The van der Waals surface area contributed by atoms with Crippen molar-refractivity contribution in [1.82, 2.24) is 0 Å². The van der Waals surface area contributed by atoms with E-state index in [4.69, 9.17) is 9.94 Å². The number of nitrogens with zero attached hydrogens (tertiary/aromatic N) is 1. The van der Waals surface area contributed by atoms with E-state index in [1.54, 1.807) is 0 Å². The Bertz CT molecular complexity index is 365. The van der Waals surface area contributed by atoms with Gasteiger partial charge in [-0.25, -0.2) is 0 Å². The third-order valence-corrected chi connectivity index (χ3v) is 3.02. The van der Waals surface area contributed by atoms with Gasteiger partial charge >= 0.3 is 0 Å². The highest BCUT2D eigenvalue weighted by molar-refractivity contribution is 8.14. The molecule has 0 spiro atoms. The van der Waals surface area contributed by atoms with E-state index in [1.165, 1.54) is 17.3 Å². The summed E-state index contributed by atoms with van der Waals surface area (Å²) in [7, 11) is 0. The molecule has 0 saturated carbocycles. The fourth-order valence-electron chi connectivity index (χ4n) is 1.26. The second kappa shape index (κ2) is 4.02. The first-order valence-corrected chi connectivity index (χ1v) is 5.36. The smallest absolute Gasteiger partial charge is 0.233 e. The van der Waals surface area contributed by atoms with Crippen LogP contribution in [0.1, 0.15) is 11.1 Å². The maximum Gasteiger partial charge on any atom is 0.233 e.